The van der Waals surface area contributed by atoms with Crippen molar-refractivity contribution in [3.05, 3.63) is 34.3 Å². The lowest BCUT2D eigenvalue weighted by Crippen LogP contribution is -2.39. The fourth-order valence-electron chi connectivity index (χ4n) is 1.12. The third-order valence-corrected chi connectivity index (χ3v) is 2.56. The van der Waals surface area contributed by atoms with E-state index in [1.165, 1.54) is 0 Å². The summed E-state index contributed by atoms with van der Waals surface area (Å²) in [5.74, 6) is -0.585. The number of nitrogens with two attached hydrogens (primary N) is 1. The largest absolute Gasteiger partial charge is 0.350 e. The van der Waals surface area contributed by atoms with Crippen LogP contribution in [0, 0.1) is 0 Å². The van der Waals surface area contributed by atoms with Gasteiger partial charge in [-0.2, -0.15) is 0 Å². The summed E-state index contributed by atoms with van der Waals surface area (Å²) in [6.07, 6.45) is 0. The Labute approximate surface area is 108 Å². The van der Waals surface area contributed by atoms with Crippen molar-refractivity contribution >= 4 is 27.7 Å². The number of nitrogens with one attached hydrogen (secondary N) is 2. The zero-order valence-electron chi connectivity index (χ0n) is 9.20. The molecule has 17 heavy (non-hydrogen) atoms. The molecule has 0 bridgehead atoms. The van der Waals surface area contributed by atoms with Crippen molar-refractivity contribution in [1.29, 1.82) is 0 Å². The lowest BCUT2D eigenvalue weighted by atomic mass is 10.2. The quantitative estimate of drug-likeness (QED) is 0.723. The first kappa shape index (κ1) is 13.7. The molecule has 0 saturated carbocycles. The fourth-order valence-corrected chi connectivity index (χ4v) is 1.38. The lowest BCUT2D eigenvalue weighted by molar-refractivity contribution is -0.125. The maximum absolute atomic E-state index is 11.3. The topological polar surface area (TPSA) is 84.2 Å². The molecule has 1 aromatic rings. The van der Waals surface area contributed by atoms with E-state index in [4.69, 9.17) is 5.73 Å². The van der Waals surface area contributed by atoms with E-state index in [-0.39, 0.29) is 24.9 Å². The average molecular weight is 300 g/mol. The van der Waals surface area contributed by atoms with E-state index in [1.54, 1.807) is 0 Å². The van der Waals surface area contributed by atoms with Crippen molar-refractivity contribution in [2.45, 2.75) is 6.54 Å². The van der Waals surface area contributed by atoms with Crippen LogP contribution in [-0.4, -0.2) is 24.9 Å². The predicted octanol–water partition coefficient (Wildman–Crippen LogP) is 0.140. The van der Waals surface area contributed by atoms with E-state index in [0.29, 0.717) is 6.54 Å². The fraction of sp³-hybridized carbons (Fsp3) is 0.273. The summed E-state index contributed by atoms with van der Waals surface area (Å²) in [4.78, 5) is 22.1. The standard InChI is InChI=1S/C11H14BrN3O2/c12-9-3-1-8(2-4-9)6-14-11(17)7-15-10(16)5-13/h1-4H,5-7,13H2,(H,14,17)(H,15,16). The van der Waals surface area contributed by atoms with Crippen molar-refractivity contribution in [2.75, 3.05) is 13.1 Å². The molecule has 1 rings (SSSR count). The summed E-state index contributed by atoms with van der Waals surface area (Å²) < 4.78 is 0.989. The van der Waals surface area contributed by atoms with Gasteiger partial charge in [0.2, 0.25) is 11.8 Å². The molecule has 0 aliphatic heterocycles. The Balaban J connectivity index is 2.28. The predicted molar refractivity (Wildman–Crippen MR) is 68.1 cm³/mol. The molecule has 0 spiro atoms. The summed E-state index contributed by atoms with van der Waals surface area (Å²) in [5, 5.41) is 5.08. The first-order chi connectivity index (χ1) is 8.11. The first-order valence-electron chi connectivity index (χ1n) is 5.09. The van der Waals surface area contributed by atoms with Gasteiger partial charge in [-0.05, 0) is 17.7 Å². The monoisotopic (exact) mass is 299 g/mol. The van der Waals surface area contributed by atoms with Crippen molar-refractivity contribution in [3.63, 3.8) is 0 Å². The summed E-state index contributed by atoms with van der Waals surface area (Å²) >= 11 is 3.33. The van der Waals surface area contributed by atoms with Crippen LogP contribution in [0.3, 0.4) is 0 Å². The minimum absolute atomic E-state index is 0.0490. The number of halogens is 1. The highest BCUT2D eigenvalue weighted by atomic mass is 79.9. The van der Waals surface area contributed by atoms with Crippen molar-refractivity contribution in [3.8, 4) is 0 Å². The summed E-state index contributed by atoms with van der Waals surface area (Å²) in [6.45, 7) is 0.275. The second-order valence-electron chi connectivity index (χ2n) is 3.38. The molecule has 2 amide bonds. The minimum Gasteiger partial charge on any atom is -0.350 e. The second-order valence-corrected chi connectivity index (χ2v) is 4.30. The molecule has 6 heteroatoms. The van der Waals surface area contributed by atoms with Crippen LogP contribution in [0.4, 0.5) is 0 Å². The molecule has 0 atom stereocenters. The van der Waals surface area contributed by atoms with Gasteiger partial charge in [0.15, 0.2) is 0 Å². The average Bonchev–Trinajstić information content (AvgIpc) is 2.35. The molecule has 0 aliphatic carbocycles. The SMILES string of the molecule is NCC(=O)NCC(=O)NCc1ccc(Br)cc1. The molecule has 0 aliphatic rings. The highest BCUT2D eigenvalue weighted by Crippen LogP contribution is 2.09. The minimum atomic E-state index is -0.344. The lowest BCUT2D eigenvalue weighted by Gasteiger charge is -2.06. The Hall–Kier alpha value is -1.40. The summed E-state index contributed by atoms with van der Waals surface area (Å²) in [6, 6.07) is 7.61. The maximum Gasteiger partial charge on any atom is 0.239 e. The molecule has 0 saturated heterocycles. The Morgan fingerprint density at radius 1 is 1.12 bits per heavy atom. The molecule has 0 unspecified atom stereocenters. The van der Waals surface area contributed by atoms with Gasteiger partial charge in [-0.15, -0.1) is 0 Å². The highest BCUT2D eigenvalue weighted by Gasteiger charge is 2.03. The molecular weight excluding hydrogens is 286 g/mol. The summed E-state index contributed by atoms with van der Waals surface area (Å²) in [7, 11) is 0. The Bertz CT molecular complexity index is 392. The first-order valence-corrected chi connectivity index (χ1v) is 5.89. The van der Waals surface area contributed by atoms with Gasteiger partial charge >= 0.3 is 0 Å². The highest BCUT2D eigenvalue weighted by molar-refractivity contribution is 9.10. The van der Waals surface area contributed by atoms with E-state index in [1.807, 2.05) is 24.3 Å². The zero-order chi connectivity index (χ0) is 12.7. The van der Waals surface area contributed by atoms with Gasteiger partial charge in [0, 0.05) is 11.0 Å². The van der Waals surface area contributed by atoms with Gasteiger partial charge in [-0.1, -0.05) is 28.1 Å². The van der Waals surface area contributed by atoms with Crippen LogP contribution in [0.25, 0.3) is 0 Å². The molecule has 0 heterocycles. The Morgan fingerprint density at radius 2 is 1.76 bits per heavy atom. The van der Waals surface area contributed by atoms with Crippen molar-refractivity contribution < 1.29 is 9.59 Å². The van der Waals surface area contributed by atoms with E-state index >= 15 is 0 Å². The number of amides is 2. The number of benzene rings is 1. The van der Waals surface area contributed by atoms with Gasteiger partial charge in [-0.3, -0.25) is 9.59 Å². The Morgan fingerprint density at radius 3 is 2.35 bits per heavy atom. The van der Waals surface area contributed by atoms with Crippen LogP contribution >= 0.6 is 15.9 Å². The smallest absolute Gasteiger partial charge is 0.239 e. The van der Waals surface area contributed by atoms with Gasteiger partial charge in [0.1, 0.15) is 0 Å². The van der Waals surface area contributed by atoms with Gasteiger partial charge < -0.3 is 16.4 Å². The van der Waals surface area contributed by atoms with Gasteiger partial charge in [0.05, 0.1) is 13.1 Å². The molecule has 0 fully saturated rings. The number of rotatable bonds is 5. The third kappa shape index (κ3) is 5.46. The normalized spacial score (nSPS) is 9.76. The van der Waals surface area contributed by atoms with Crippen LogP contribution in [0.5, 0.6) is 0 Å². The maximum atomic E-state index is 11.3. The van der Waals surface area contributed by atoms with Gasteiger partial charge in [0.25, 0.3) is 0 Å². The third-order valence-electron chi connectivity index (χ3n) is 2.03. The molecule has 4 N–H and O–H groups in total. The zero-order valence-corrected chi connectivity index (χ0v) is 10.8. The second kappa shape index (κ2) is 7.03. The van der Waals surface area contributed by atoms with E-state index in [0.717, 1.165) is 10.0 Å². The molecule has 5 nitrogen and oxygen atoms in total. The van der Waals surface area contributed by atoms with Gasteiger partial charge in [-0.25, -0.2) is 0 Å². The molecule has 1 aromatic carbocycles. The van der Waals surface area contributed by atoms with Crippen molar-refractivity contribution in [2.24, 2.45) is 5.73 Å². The molecule has 0 radical (unpaired) electrons. The number of carbonyl (C=O) groups excluding carboxylic acids is 2. The van der Waals surface area contributed by atoms with E-state index < -0.39 is 0 Å². The van der Waals surface area contributed by atoms with Crippen molar-refractivity contribution in [1.82, 2.24) is 10.6 Å². The number of carbonyl (C=O) groups is 2. The number of hydrogen-bond acceptors (Lipinski definition) is 3. The van der Waals surface area contributed by atoms with Crippen LogP contribution < -0.4 is 16.4 Å². The van der Waals surface area contributed by atoms with Crippen LogP contribution in [-0.2, 0) is 16.1 Å². The number of hydrogen-bond donors (Lipinski definition) is 3. The summed E-state index contributed by atoms with van der Waals surface area (Å²) in [5.41, 5.74) is 6.08. The molecular formula is C11H14BrN3O2. The van der Waals surface area contributed by atoms with Crippen LogP contribution in [0.2, 0.25) is 0 Å². The van der Waals surface area contributed by atoms with E-state index in [2.05, 4.69) is 26.6 Å². The molecule has 92 valence electrons. The van der Waals surface area contributed by atoms with Crippen LogP contribution in [0.15, 0.2) is 28.7 Å². The molecule has 0 aromatic heterocycles. The van der Waals surface area contributed by atoms with Crippen LogP contribution in [0.1, 0.15) is 5.56 Å². The Kier molecular flexibility index (Phi) is 5.65. The van der Waals surface area contributed by atoms with E-state index in [9.17, 15) is 9.59 Å².